The van der Waals surface area contributed by atoms with E-state index in [-0.39, 0.29) is 0 Å². The van der Waals surface area contributed by atoms with Gasteiger partial charge in [-0.25, -0.2) is 4.79 Å². The second-order valence-corrected chi connectivity index (χ2v) is 3.49. The predicted molar refractivity (Wildman–Crippen MR) is 61.5 cm³/mol. The first-order valence-corrected chi connectivity index (χ1v) is 5.33. The molecular weight excluding hydrogens is 206 g/mol. The lowest BCUT2D eigenvalue weighted by atomic mass is 10.2. The van der Waals surface area contributed by atoms with Gasteiger partial charge in [-0.3, -0.25) is 0 Å². The summed E-state index contributed by atoms with van der Waals surface area (Å²) in [6, 6.07) is 7.45. The van der Waals surface area contributed by atoms with Gasteiger partial charge >= 0.3 is 5.97 Å². The fraction of sp³-hybridized carbons (Fsp3) is 0.417. The number of aliphatic carboxylic acids is 1. The summed E-state index contributed by atoms with van der Waals surface area (Å²) in [7, 11) is 0. The molecule has 1 atom stereocenters. The van der Waals surface area contributed by atoms with Gasteiger partial charge in [0.2, 0.25) is 0 Å². The Kier molecular flexibility index (Phi) is 4.79. The number of carboxylic acids is 1. The Hall–Kier alpha value is -1.55. The topological polar surface area (TPSA) is 58.6 Å². The van der Waals surface area contributed by atoms with Crippen LogP contribution in [0.5, 0.6) is 5.75 Å². The number of ether oxygens (including phenoxy) is 1. The van der Waals surface area contributed by atoms with E-state index in [0.29, 0.717) is 12.3 Å². The Bertz CT molecular complexity index is 352. The molecule has 16 heavy (non-hydrogen) atoms. The molecule has 1 aromatic rings. The van der Waals surface area contributed by atoms with Crippen molar-refractivity contribution in [2.24, 2.45) is 0 Å². The lowest BCUT2D eigenvalue weighted by Crippen LogP contribution is -2.24. The average Bonchev–Trinajstić information content (AvgIpc) is 2.27. The van der Waals surface area contributed by atoms with Crippen LogP contribution in [-0.2, 0) is 11.3 Å². The second-order valence-electron chi connectivity index (χ2n) is 3.49. The van der Waals surface area contributed by atoms with Crippen LogP contribution in [0.15, 0.2) is 24.3 Å². The molecule has 0 aromatic heterocycles. The SMILES string of the molecule is CCNCc1ccccc1OC(C)C(=O)O. The predicted octanol–water partition coefficient (Wildman–Crippen LogP) is 1.65. The summed E-state index contributed by atoms with van der Waals surface area (Å²) in [5.41, 5.74) is 0.970. The molecule has 88 valence electrons. The van der Waals surface area contributed by atoms with E-state index in [1.54, 1.807) is 6.07 Å². The van der Waals surface area contributed by atoms with E-state index in [4.69, 9.17) is 9.84 Å². The van der Waals surface area contributed by atoms with Crippen molar-refractivity contribution in [1.82, 2.24) is 5.32 Å². The van der Waals surface area contributed by atoms with Gasteiger partial charge in [-0.2, -0.15) is 0 Å². The lowest BCUT2D eigenvalue weighted by Gasteiger charge is -2.14. The molecule has 0 aliphatic carbocycles. The molecule has 2 N–H and O–H groups in total. The van der Waals surface area contributed by atoms with E-state index in [2.05, 4.69) is 5.32 Å². The van der Waals surface area contributed by atoms with E-state index in [9.17, 15) is 4.79 Å². The smallest absolute Gasteiger partial charge is 0.344 e. The van der Waals surface area contributed by atoms with Gasteiger partial charge in [-0.15, -0.1) is 0 Å². The minimum atomic E-state index is -0.960. The highest BCUT2D eigenvalue weighted by Gasteiger charge is 2.13. The molecule has 0 saturated carbocycles. The quantitative estimate of drug-likeness (QED) is 0.769. The number of hydrogen-bond donors (Lipinski definition) is 2. The Balaban J connectivity index is 2.74. The highest BCUT2D eigenvalue weighted by atomic mass is 16.5. The van der Waals surface area contributed by atoms with E-state index in [0.717, 1.165) is 12.1 Å². The van der Waals surface area contributed by atoms with Gasteiger partial charge in [0, 0.05) is 12.1 Å². The minimum absolute atomic E-state index is 0.623. The van der Waals surface area contributed by atoms with E-state index < -0.39 is 12.1 Å². The summed E-state index contributed by atoms with van der Waals surface area (Å²) in [5.74, 6) is -0.336. The van der Waals surface area contributed by atoms with Crippen molar-refractivity contribution in [2.45, 2.75) is 26.5 Å². The van der Waals surface area contributed by atoms with Gasteiger partial charge in [0.25, 0.3) is 0 Å². The maximum Gasteiger partial charge on any atom is 0.344 e. The van der Waals surface area contributed by atoms with Gasteiger partial charge < -0.3 is 15.2 Å². The van der Waals surface area contributed by atoms with Crippen molar-refractivity contribution in [3.63, 3.8) is 0 Å². The molecule has 4 heteroatoms. The number of carboxylic acid groups (broad SMARTS) is 1. The molecule has 0 amide bonds. The molecule has 1 unspecified atom stereocenters. The third kappa shape index (κ3) is 3.55. The highest BCUT2D eigenvalue weighted by Crippen LogP contribution is 2.19. The van der Waals surface area contributed by atoms with Crippen LogP contribution in [0.25, 0.3) is 0 Å². The zero-order chi connectivity index (χ0) is 12.0. The van der Waals surface area contributed by atoms with E-state index in [1.165, 1.54) is 6.92 Å². The van der Waals surface area contributed by atoms with Crippen molar-refractivity contribution in [2.75, 3.05) is 6.54 Å². The summed E-state index contributed by atoms with van der Waals surface area (Å²) in [6.45, 7) is 5.08. The Morgan fingerprint density at radius 2 is 2.19 bits per heavy atom. The Morgan fingerprint density at radius 1 is 1.50 bits per heavy atom. The Labute approximate surface area is 95.2 Å². The normalized spacial score (nSPS) is 12.1. The number of hydrogen-bond acceptors (Lipinski definition) is 3. The van der Waals surface area contributed by atoms with Crippen molar-refractivity contribution in [3.8, 4) is 5.75 Å². The molecule has 0 bridgehead atoms. The molecule has 4 nitrogen and oxygen atoms in total. The summed E-state index contributed by atoms with van der Waals surface area (Å²) in [6.07, 6.45) is -0.831. The molecule has 0 aliphatic rings. The summed E-state index contributed by atoms with van der Waals surface area (Å²) < 4.78 is 5.36. The Morgan fingerprint density at radius 3 is 2.81 bits per heavy atom. The molecule has 1 aromatic carbocycles. The number of benzene rings is 1. The average molecular weight is 223 g/mol. The fourth-order valence-electron chi connectivity index (χ4n) is 1.27. The molecule has 0 aliphatic heterocycles. The van der Waals surface area contributed by atoms with Crippen LogP contribution < -0.4 is 10.1 Å². The monoisotopic (exact) mass is 223 g/mol. The first-order chi connectivity index (χ1) is 7.65. The third-order valence-corrected chi connectivity index (χ3v) is 2.19. The molecule has 0 heterocycles. The molecule has 0 saturated heterocycles. The van der Waals surface area contributed by atoms with Gasteiger partial charge in [0.15, 0.2) is 6.10 Å². The zero-order valence-corrected chi connectivity index (χ0v) is 9.56. The molecule has 0 fully saturated rings. The molecule has 1 rings (SSSR count). The van der Waals surface area contributed by atoms with Crippen LogP contribution in [-0.4, -0.2) is 23.7 Å². The van der Waals surface area contributed by atoms with Crippen LogP contribution >= 0.6 is 0 Å². The summed E-state index contributed by atoms with van der Waals surface area (Å²) >= 11 is 0. The molecular formula is C12H17NO3. The highest BCUT2D eigenvalue weighted by molar-refractivity contribution is 5.72. The minimum Gasteiger partial charge on any atom is -0.479 e. The third-order valence-electron chi connectivity index (χ3n) is 2.19. The summed E-state index contributed by atoms with van der Waals surface area (Å²) in [5, 5.41) is 11.9. The van der Waals surface area contributed by atoms with Gasteiger partial charge in [-0.05, 0) is 19.5 Å². The number of nitrogens with one attached hydrogen (secondary N) is 1. The van der Waals surface area contributed by atoms with Gasteiger partial charge in [0.05, 0.1) is 0 Å². The molecule has 0 spiro atoms. The number of para-hydroxylation sites is 1. The largest absolute Gasteiger partial charge is 0.479 e. The van der Waals surface area contributed by atoms with E-state index >= 15 is 0 Å². The number of carbonyl (C=O) groups is 1. The van der Waals surface area contributed by atoms with E-state index in [1.807, 2.05) is 25.1 Å². The van der Waals surface area contributed by atoms with Crippen LogP contribution in [0.4, 0.5) is 0 Å². The zero-order valence-electron chi connectivity index (χ0n) is 9.56. The van der Waals surface area contributed by atoms with Crippen LogP contribution in [0.1, 0.15) is 19.4 Å². The standard InChI is InChI=1S/C12H17NO3/c1-3-13-8-10-6-4-5-7-11(10)16-9(2)12(14)15/h4-7,9,13H,3,8H2,1-2H3,(H,14,15). The lowest BCUT2D eigenvalue weighted by molar-refractivity contribution is -0.144. The van der Waals surface area contributed by atoms with Gasteiger partial charge in [-0.1, -0.05) is 25.1 Å². The summed E-state index contributed by atoms with van der Waals surface area (Å²) in [4.78, 5) is 10.7. The van der Waals surface area contributed by atoms with Crippen LogP contribution in [0.2, 0.25) is 0 Å². The van der Waals surface area contributed by atoms with Crippen molar-refractivity contribution in [1.29, 1.82) is 0 Å². The van der Waals surface area contributed by atoms with Crippen molar-refractivity contribution in [3.05, 3.63) is 29.8 Å². The van der Waals surface area contributed by atoms with Crippen LogP contribution in [0.3, 0.4) is 0 Å². The van der Waals surface area contributed by atoms with Crippen LogP contribution in [0, 0.1) is 0 Å². The second kappa shape index (κ2) is 6.12. The first-order valence-electron chi connectivity index (χ1n) is 5.33. The van der Waals surface area contributed by atoms with Crippen molar-refractivity contribution >= 4 is 5.97 Å². The fourth-order valence-corrected chi connectivity index (χ4v) is 1.27. The first kappa shape index (κ1) is 12.5. The molecule has 0 radical (unpaired) electrons. The van der Waals surface area contributed by atoms with Crippen molar-refractivity contribution < 1.29 is 14.6 Å². The number of rotatable bonds is 6. The maximum atomic E-state index is 10.7. The maximum absolute atomic E-state index is 10.7. The van der Waals surface area contributed by atoms with Gasteiger partial charge in [0.1, 0.15) is 5.75 Å².